The van der Waals surface area contributed by atoms with Crippen molar-refractivity contribution in [1.82, 2.24) is 20.0 Å². The van der Waals surface area contributed by atoms with E-state index in [1.54, 1.807) is 0 Å². The number of rotatable bonds is 14. The summed E-state index contributed by atoms with van der Waals surface area (Å²) in [5.74, 6) is 0.708. The molecular formula is C23H40N6. The first-order valence-electron chi connectivity index (χ1n) is 11.1. The molecule has 0 aliphatic heterocycles. The third-order valence-electron chi connectivity index (χ3n) is 5.36. The Morgan fingerprint density at radius 1 is 0.897 bits per heavy atom. The monoisotopic (exact) mass is 400 g/mol. The number of guanidine groups is 1. The number of benzene rings is 1. The molecule has 0 aliphatic rings. The Labute approximate surface area is 178 Å². The summed E-state index contributed by atoms with van der Waals surface area (Å²) in [6, 6.07) is 10.6. The van der Waals surface area contributed by atoms with E-state index in [2.05, 4.69) is 84.2 Å². The van der Waals surface area contributed by atoms with Gasteiger partial charge in [-0.2, -0.15) is 5.26 Å². The molecule has 1 rings (SSSR count). The lowest BCUT2D eigenvalue weighted by atomic mass is 10.1. The molecule has 0 radical (unpaired) electrons. The minimum Gasteiger partial charge on any atom is -0.341 e. The third kappa shape index (κ3) is 10.3. The van der Waals surface area contributed by atoms with E-state index >= 15 is 0 Å². The van der Waals surface area contributed by atoms with E-state index in [0.29, 0.717) is 12.5 Å². The average Bonchev–Trinajstić information content (AvgIpc) is 2.76. The molecule has 6 heteroatoms. The number of likely N-dealkylation sites (N-methyl/N-ethyl adjacent to an activating group) is 2. The van der Waals surface area contributed by atoms with E-state index in [0.717, 1.165) is 65.2 Å². The van der Waals surface area contributed by atoms with Gasteiger partial charge in [0.15, 0.2) is 6.19 Å². The number of hydrogen-bond acceptors (Lipinski definition) is 4. The Kier molecular flexibility index (Phi) is 13.6. The molecular weight excluding hydrogens is 360 g/mol. The van der Waals surface area contributed by atoms with E-state index in [1.165, 1.54) is 5.56 Å². The van der Waals surface area contributed by atoms with E-state index in [-0.39, 0.29) is 0 Å². The average molecular weight is 401 g/mol. The summed E-state index contributed by atoms with van der Waals surface area (Å²) < 4.78 is 0. The largest absolute Gasteiger partial charge is 0.341 e. The number of hydrogen-bond donors (Lipinski definition) is 1. The molecule has 0 spiro atoms. The summed E-state index contributed by atoms with van der Waals surface area (Å²) in [4.78, 5) is 11.8. The van der Waals surface area contributed by atoms with Crippen LogP contribution in [0.25, 0.3) is 0 Å². The van der Waals surface area contributed by atoms with Crippen molar-refractivity contribution in [3.63, 3.8) is 0 Å². The van der Waals surface area contributed by atoms with E-state index in [1.807, 2.05) is 0 Å². The maximum atomic E-state index is 9.27. The van der Waals surface area contributed by atoms with Crippen molar-refractivity contribution in [3.8, 4) is 6.19 Å². The van der Waals surface area contributed by atoms with Gasteiger partial charge >= 0.3 is 0 Å². The van der Waals surface area contributed by atoms with Crippen LogP contribution >= 0.6 is 0 Å². The molecule has 162 valence electrons. The van der Waals surface area contributed by atoms with Gasteiger partial charge in [-0.05, 0) is 44.6 Å². The molecule has 0 amide bonds. The Balaban J connectivity index is 2.77. The molecule has 0 saturated heterocycles. The van der Waals surface area contributed by atoms with E-state index in [4.69, 9.17) is 4.99 Å². The molecule has 0 aromatic heterocycles. The van der Waals surface area contributed by atoms with Gasteiger partial charge < -0.3 is 14.7 Å². The van der Waals surface area contributed by atoms with Gasteiger partial charge in [0.2, 0.25) is 5.96 Å². The first-order valence-corrected chi connectivity index (χ1v) is 11.1. The van der Waals surface area contributed by atoms with Crippen LogP contribution in [0.5, 0.6) is 0 Å². The second kappa shape index (κ2) is 15.8. The van der Waals surface area contributed by atoms with Crippen LogP contribution in [0.3, 0.4) is 0 Å². The summed E-state index contributed by atoms with van der Waals surface area (Å²) in [5, 5.41) is 12.1. The van der Waals surface area contributed by atoms with Gasteiger partial charge in [-0.3, -0.25) is 10.3 Å². The Bertz CT molecular complexity index is 587. The first-order chi connectivity index (χ1) is 14.2. The van der Waals surface area contributed by atoms with Crippen molar-refractivity contribution in [3.05, 3.63) is 35.9 Å². The predicted octanol–water partition coefficient (Wildman–Crippen LogP) is 3.03. The lowest BCUT2D eigenvalue weighted by Crippen LogP contribution is -2.44. The highest BCUT2D eigenvalue weighted by Crippen LogP contribution is 2.05. The van der Waals surface area contributed by atoms with Crippen LogP contribution in [-0.4, -0.2) is 79.6 Å². The maximum absolute atomic E-state index is 9.27. The second-order valence-electron chi connectivity index (χ2n) is 7.07. The van der Waals surface area contributed by atoms with Crippen LogP contribution in [0.1, 0.15) is 39.7 Å². The van der Waals surface area contributed by atoms with Gasteiger partial charge in [0.1, 0.15) is 0 Å². The molecule has 0 unspecified atom stereocenters. The topological polar surface area (TPSA) is 57.9 Å². The van der Waals surface area contributed by atoms with Gasteiger partial charge in [0.05, 0.1) is 6.54 Å². The lowest BCUT2D eigenvalue weighted by Gasteiger charge is -2.28. The molecule has 0 aliphatic carbocycles. The molecule has 0 saturated carbocycles. The lowest BCUT2D eigenvalue weighted by molar-refractivity contribution is 0.263. The van der Waals surface area contributed by atoms with E-state index < -0.39 is 0 Å². The minimum atomic E-state index is 0.701. The van der Waals surface area contributed by atoms with Crippen molar-refractivity contribution >= 4 is 5.96 Å². The van der Waals surface area contributed by atoms with Crippen LogP contribution < -0.4 is 5.32 Å². The predicted molar refractivity (Wildman–Crippen MR) is 123 cm³/mol. The van der Waals surface area contributed by atoms with Gasteiger partial charge in [-0.1, -0.05) is 58.0 Å². The number of nitriles is 1. The van der Waals surface area contributed by atoms with Gasteiger partial charge in [0.25, 0.3) is 0 Å². The quantitative estimate of drug-likeness (QED) is 0.225. The molecule has 1 N–H and O–H groups in total. The van der Waals surface area contributed by atoms with Crippen LogP contribution in [0.15, 0.2) is 35.3 Å². The van der Waals surface area contributed by atoms with Crippen LogP contribution in [0.2, 0.25) is 0 Å². The van der Waals surface area contributed by atoms with Crippen LogP contribution in [0, 0.1) is 11.5 Å². The van der Waals surface area contributed by atoms with Gasteiger partial charge in [-0.15, -0.1) is 0 Å². The number of nitrogens with one attached hydrogen (secondary N) is 1. The summed E-state index contributed by atoms with van der Waals surface area (Å²) in [5.41, 5.74) is 1.35. The molecule has 29 heavy (non-hydrogen) atoms. The number of nitrogens with zero attached hydrogens (tertiary/aromatic N) is 5. The molecule has 0 atom stereocenters. The zero-order valence-corrected chi connectivity index (χ0v) is 18.9. The molecule has 0 heterocycles. The zero-order valence-electron chi connectivity index (χ0n) is 18.9. The molecule has 6 nitrogen and oxygen atoms in total. The normalized spacial score (nSPS) is 11.7. The highest BCUT2D eigenvalue weighted by atomic mass is 15.3. The second-order valence-corrected chi connectivity index (χ2v) is 7.07. The van der Waals surface area contributed by atoms with Crippen LogP contribution in [0.4, 0.5) is 0 Å². The fourth-order valence-corrected chi connectivity index (χ4v) is 3.35. The first kappa shape index (κ1) is 24.9. The summed E-state index contributed by atoms with van der Waals surface area (Å²) >= 11 is 0. The smallest absolute Gasteiger partial charge is 0.207 e. The number of aliphatic imine (C=N–C) groups is 1. The Morgan fingerprint density at radius 3 is 2.10 bits per heavy atom. The summed E-state index contributed by atoms with van der Waals surface area (Å²) in [6.07, 6.45) is 4.15. The molecule has 0 fully saturated rings. The number of aryl methyl sites for hydroxylation is 1. The Hall–Kier alpha value is -2.10. The van der Waals surface area contributed by atoms with Crippen molar-refractivity contribution in [2.24, 2.45) is 4.99 Å². The minimum absolute atomic E-state index is 0.701. The fraction of sp³-hybridized carbons (Fsp3) is 0.652. The van der Waals surface area contributed by atoms with Gasteiger partial charge in [0, 0.05) is 26.2 Å². The van der Waals surface area contributed by atoms with Crippen LogP contribution in [-0.2, 0) is 6.42 Å². The van der Waals surface area contributed by atoms with Crippen molar-refractivity contribution in [2.75, 3.05) is 58.9 Å². The fourth-order valence-electron chi connectivity index (χ4n) is 3.35. The summed E-state index contributed by atoms with van der Waals surface area (Å²) in [6.45, 7) is 17.2. The zero-order chi connectivity index (χ0) is 21.3. The van der Waals surface area contributed by atoms with Crippen molar-refractivity contribution in [2.45, 2.75) is 40.5 Å². The van der Waals surface area contributed by atoms with Gasteiger partial charge in [-0.25, -0.2) is 0 Å². The highest BCUT2D eigenvalue weighted by Gasteiger charge is 2.13. The Morgan fingerprint density at radius 2 is 1.52 bits per heavy atom. The maximum Gasteiger partial charge on any atom is 0.207 e. The molecule has 1 aromatic rings. The SMILES string of the molecule is CCN(CC)CCN=C(NC#N)N(CCCc1ccccc1)CCN(CC)CC. The molecule has 1 aromatic carbocycles. The third-order valence-corrected chi connectivity index (χ3v) is 5.36. The van der Waals surface area contributed by atoms with Crippen molar-refractivity contribution < 1.29 is 0 Å². The highest BCUT2D eigenvalue weighted by molar-refractivity contribution is 5.81. The summed E-state index contributed by atoms with van der Waals surface area (Å²) in [7, 11) is 0. The van der Waals surface area contributed by atoms with Crippen molar-refractivity contribution in [1.29, 1.82) is 5.26 Å². The van der Waals surface area contributed by atoms with E-state index in [9.17, 15) is 5.26 Å². The standard InChI is InChI=1S/C23H40N6/c1-5-27(6-2)18-16-25-23(26-21-24)29(20-19-28(7-3)8-4)17-12-15-22-13-10-9-11-14-22/h9-11,13-14H,5-8,12,15-20H2,1-4H3,(H,25,26). The molecule has 0 bridgehead atoms.